The number of halogens is 3. The van der Waals surface area contributed by atoms with E-state index in [2.05, 4.69) is 26.2 Å². The van der Waals surface area contributed by atoms with Crippen molar-refractivity contribution in [2.24, 2.45) is 0 Å². The summed E-state index contributed by atoms with van der Waals surface area (Å²) in [5.41, 5.74) is 0.431. The van der Waals surface area contributed by atoms with Crippen LogP contribution in [0.1, 0.15) is 11.4 Å². The molecule has 0 atom stereocenters. The lowest BCUT2D eigenvalue weighted by atomic mass is 10.2. The molecular weight excluding hydrogens is 324 g/mol. The molecule has 1 aromatic heterocycles. The monoisotopic (exact) mass is 331 g/mol. The molecule has 0 fully saturated rings. The number of hydrogen-bond donors (Lipinski definition) is 1. The molecule has 0 saturated carbocycles. The molecule has 1 aromatic carbocycles. The van der Waals surface area contributed by atoms with E-state index in [1.165, 1.54) is 6.92 Å². The summed E-state index contributed by atoms with van der Waals surface area (Å²) >= 11 is 2.87. The van der Waals surface area contributed by atoms with E-state index >= 15 is 0 Å². The molecule has 5 nitrogen and oxygen atoms in total. The zero-order valence-corrected chi connectivity index (χ0v) is 11.3. The van der Waals surface area contributed by atoms with Crippen LogP contribution in [0.3, 0.4) is 0 Å². The maximum Gasteiger partial charge on any atom is 0.309 e. The summed E-state index contributed by atoms with van der Waals surface area (Å²) in [5.74, 6) is -2.41. The maximum atomic E-state index is 13.8. The van der Waals surface area contributed by atoms with Gasteiger partial charge in [0.05, 0.1) is 22.3 Å². The number of carboxylic acid groups (broad SMARTS) is 1. The summed E-state index contributed by atoms with van der Waals surface area (Å²) in [7, 11) is 0. The molecule has 0 aliphatic rings. The lowest BCUT2D eigenvalue weighted by Crippen LogP contribution is -2.05. The van der Waals surface area contributed by atoms with E-state index in [4.69, 9.17) is 5.11 Å². The standard InChI is InChI=1S/C11H8BrF2N3O2/c1-5-9(4-11(18)19)15-16-17(5)10-3-7(13)6(12)2-8(10)14/h2-3H,4H2,1H3,(H,18,19). The van der Waals surface area contributed by atoms with E-state index in [0.717, 1.165) is 16.8 Å². The first kappa shape index (κ1) is 13.6. The molecule has 1 heterocycles. The Hall–Kier alpha value is -1.83. The van der Waals surface area contributed by atoms with Crippen molar-refractivity contribution in [2.75, 3.05) is 0 Å². The summed E-state index contributed by atoms with van der Waals surface area (Å²) in [6.07, 6.45) is -0.327. The van der Waals surface area contributed by atoms with Crippen LogP contribution in [-0.4, -0.2) is 26.1 Å². The largest absolute Gasteiger partial charge is 0.481 e. The number of carboxylic acids is 1. The van der Waals surface area contributed by atoms with Gasteiger partial charge in [-0.05, 0) is 28.9 Å². The average molecular weight is 332 g/mol. The third-order valence-corrected chi connectivity index (χ3v) is 3.13. The van der Waals surface area contributed by atoms with E-state index in [1.54, 1.807) is 0 Å². The van der Waals surface area contributed by atoms with Gasteiger partial charge >= 0.3 is 5.97 Å². The molecule has 0 saturated heterocycles. The second-order valence-electron chi connectivity index (χ2n) is 3.82. The Morgan fingerprint density at radius 3 is 2.74 bits per heavy atom. The van der Waals surface area contributed by atoms with Gasteiger partial charge in [0.15, 0.2) is 0 Å². The molecule has 0 spiro atoms. The average Bonchev–Trinajstić information content (AvgIpc) is 2.65. The number of carbonyl (C=O) groups is 1. The minimum atomic E-state index is -1.07. The first-order valence-electron chi connectivity index (χ1n) is 5.18. The molecule has 0 unspecified atom stereocenters. The fraction of sp³-hybridized carbons (Fsp3) is 0.182. The van der Waals surface area contributed by atoms with Crippen LogP contribution >= 0.6 is 15.9 Å². The van der Waals surface area contributed by atoms with Crippen LogP contribution in [0.2, 0.25) is 0 Å². The molecule has 0 bridgehead atoms. The minimum Gasteiger partial charge on any atom is -0.481 e. The fourth-order valence-electron chi connectivity index (χ4n) is 1.57. The molecule has 0 radical (unpaired) electrons. The van der Waals surface area contributed by atoms with Gasteiger partial charge in [0.25, 0.3) is 0 Å². The van der Waals surface area contributed by atoms with Gasteiger partial charge in [0.2, 0.25) is 0 Å². The highest BCUT2D eigenvalue weighted by Crippen LogP contribution is 2.23. The van der Waals surface area contributed by atoms with Gasteiger partial charge in [-0.3, -0.25) is 4.79 Å². The Morgan fingerprint density at radius 2 is 2.11 bits per heavy atom. The fourth-order valence-corrected chi connectivity index (χ4v) is 1.89. The number of hydrogen-bond acceptors (Lipinski definition) is 3. The SMILES string of the molecule is Cc1c(CC(=O)O)nnn1-c1cc(F)c(Br)cc1F. The van der Waals surface area contributed by atoms with Crippen LogP contribution in [0, 0.1) is 18.6 Å². The first-order valence-corrected chi connectivity index (χ1v) is 5.97. The first-order chi connectivity index (χ1) is 8.90. The number of aromatic nitrogens is 3. The smallest absolute Gasteiger partial charge is 0.309 e. The van der Waals surface area contributed by atoms with Gasteiger partial charge < -0.3 is 5.11 Å². The van der Waals surface area contributed by atoms with E-state index in [0.29, 0.717) is 5.69 Å². The van der Waals surface area contributed by atoms with Crippen LogP contribution in [0.4, 0.5) is 8.78 Å². The van der Waals surface area contributed by atoms with E-state index < -0.39 is 17.6 Å². The zero-order chi connectivity index (χ0) is 14.2. The molecule has 100 valence electrons. The number of rotatable bonds is 3. The molecule has 0 aliphatic carbocycles. The quantitative estimate of drug-likeness (QED) is 0.876. The Morgan fingerprint density at radius 1 is 1.42 bits per heavy atom. The highest BCUT2D eigenvalue weighted by Gasteiger charge is 2.17. The van der Waals surface area contributed by atoms with Crippen LogP contribution < -0.4 is 0 Å². The van der Waals surface area contributed by atoms with E-state index in [1.807, 2.05) is 0 Å². The summed E-state index contributed by atoms with van der Waals surface area (Å²) in [4.78, 5) is 10.6. The van der Waals surface area contributed by atoms with E-state index in [-0.39, 0.29) is 22.3 Å². The highest BCUT2D eigenvalue weighted by molar-refractivity contribution is 9.10. The third kappa shape index (κ3) is 2.62. The van der Waals surface area contributed by atoms with Gasteiger partial charge in [-0.25, -0.2) is 13.5 Å². The Bertz CT molecular complexity index is 658. The lowest BCUT2D eigenvalue weighted by molar-refractivity contribution is -0.136. The predicted molar refractivity (Wildman–Crippen MR) is 65.1 cm³/mol. The van der Waals surface area contributed by atoms with Gasteiger partial charge in [0.1, 0.15) is 17.3 Å². The topological polar surface area (TPSA) is 68.0 Å². The van der Waals surface area contributed by atoms with Crippen molar-refractivity contribution < 1.29 is 18.7 Å². The van der Waals surface area contributed by atoms with E-state index in [9.17, 15) is 13.6 Å². The Labute approximate surface area is 115 Å². The van der Waals surface area contributed by atoms with Crippen molar-refractivity contribution in [3.05, 3.63) is 39.6 Å². The molecule has 8 heteroatoms. The van der Waals surface area contributed by atoms with Crippen molar-refractivity contribution in [2.45, 2.75) is 13.3 Å². The highest BCUT2D eigenvalue weighted by atomic mass is 79.9. The van der Waals surface area contributed by atoms with Gasteiger partial charge in [-0.2, -0.15) is 0 Å². The summed E-state index contributed by atoms with van der Waals surface area (Å²) < 4.78 is 28.3. The normalized spacial score (nSPS) is 10.7. The third-order valence-electron chi connectivity index (χ3n) is 2.53. The Balaban J connectivity index is 2.51. The molecule has 1 N–H and O–H groups in total. The second-order valence-corrected chi connectivity index (χ2v) is 4.68. The van der Waals surface area contributed by atoms with Crippen LogP contribution in [0.5, 0.6) is 0 Å². The molecular formula is C11H8BrF2N3O2. The van der Waals surface area contributed by atoms with Crippen LogP contribution in [-0.2, 0) is 11.2 Å². The molecule has 0 aliphatic heterocycles. The van der Waals surface area contributed by atoms with Crippen molar-refractivity contribution in [1.82, 2.24) is 15.0 Å². The maximum absolute atomic E-state index is 13.8. The molecule has 19 heavy (non-hydrogen) atoms. The van der Waals surface area contributed by atoms with Crippen molar-refractivity contribution in [3.63, 3.8) is 0 Å². The van der Waals surface area contributed by atoms with Crippen LogP contribution in [0.15, 0.2) is 16.6 Å². The molecule has 2 rings (SSSR count). The Kier molecular flexibility index (Phi) is 3.61. The molecule has 0 amide bonds. The lowest BCUT2D eigenvalue weighted by Gasteiger charge is -2.06. The number of aliphatic carboxylic acids is 1. The summed E-state index contributed by atoms with van der Waals surface area (Å²) in [5, 5.41) is 16.0. The minimum absolute atomic E-state index is 0.00252. The molecule has 2 aromatic rings. The van der Waals surface area contributed by atoms with Crippen molar-refractivity contribution >= 4 is 21.9 Å². The summed E-state index contributed by atoms with van der Waals surface area (Å²) in [6, 6.07) is 1.94. The van der Waals surface area contributed by atoms with Gasteiger partial charge in [-0.15, -0.1) is 5.10 Å². The number of nitrogens with zero attached hydrogens (tertiary/aromatic N) is 3. The zero-order valence-electron chi connectivity index (χ0n) is 9.69. The van der Waals surface area contributed by atoms with Gasteiger partial charge in [0, 0.05) is 6.07 Å². The van der Waals surface area contributed by atoms with Crippen molar-refractivity contribution in [3.8, 4) is 5.69 Å². The van der Waals surface area contributed by atoms with Crippen molar-refractivity contribution in [1.29, 1.82) is 0 Å². The number of benzene rings is 1. The van der Waals surface area contributed by atoms with Gasteiger partial charge in [-0.1, -0.05) is 5.21 Å². The predicted octanol–water partition coefficient (Wildman–Crippen LogP) is 2.24. The second kappa shape index (κ2) is 5.04. The van der Waals surface area contributed by atoms with Crippen LogP contribution in [0.25, 0.3) is 5.69 Å². The summed E-state index contributed by atoms with van der Waals surface area (Å²) in [6.45, 7) is 1.54.